The van der Waals surface area contributed by atoms with Crippen molar-refractivity contribution in [2.24, 2.45) is 5.10 Å². The van der Waals surface area contributed by atoms with Crippen LogP contribution in [0.1, 0.15) is 31.9 Å². The van der Waals surface area contributed by atoms with Gasteiger partial charge in [-0.15, -0.1) is 0 Å². The zero-order chi connectivity index (χ0) is 24.1. The van der Waals surface area contributed by atoms with E-state index in [2.05, 4.69) is 0 Å². The highest BCUT2D eigenvalue weighted by atomic mass is 16.6. The lowest BCUT2D eigenvalue weighted by Gasteiger charge is -2.25. The van der Waals surface area contributed by atoms with Gasteiger partial charge in [-0.2, -0.15) is 10.1 Å². The number of hydrogen-bond acceptors (Lipinski definition) is 4. The first-order chi connectivity index (χ1) is 16.3. The summed E-state index contributed by atoms with van der Waals surface area (Å²) in [6.07, 6.45) is -0.551. The molecule has 0 spiro atoms. The number of benzene rings is 4. The van der Waals surface area contributed by atoms with Crippen LogP contribution in [0.4, 0.5) is 10.5 Å². The molecule has 4 aromatic rings. The third-order valence-electron chi connectivity index (χ3n) is 5.14. The zero-order valence-corrected chi connectivity index (χ0v) is 19.9. The topological polar surface area (TPSA) is 51.1 Å². The third-order valence-corrected chi connectivity index (χ3v) is 5.14. The molecule has 0 saturated carbocycles. The molecule has 0 N–H and O–H groups in total. The lowest BCUT2D eigenvalue weighted by Crippen LogP contribution is -2.34. The number of fused-ring (bicyclic) bond motifs is 1. The summed E-state index contributed by atoms with van der Waals surface area (Å²) in [5.41, 5.74) is 2.40. The molecule has 0 heterocycles. The molecule has 172 valence electrons. The molecule has 0 atom stereocenters. The van der Waals surface area contributed by atoms with E-state index in [0.717, 1.165) is 27.6 Å². The molecular weight excluding hydrogens is 424 g/mol. The van der Waals surface area contributed by atoms with Crippen LogP contribution in [0.25, 0.3) is 10.8 Å². The fraction of sp³-hybridized carbons (Fsp3) is 0.172. The number of carbonyl (C=O) groups excluding carboxylic acids is 1. The summed E-state index contributed by atoms with van der Waals surface area (Å²) in [4.78, 5) is 13.4. The maximum absolute atomic E-state index is 13.4. The summed E-state index contributed by atoms with van der Waals surface area (Å²) in [5, 5.41) is 8.16. The summed E-state index contributed by atoms with van der Waals surface area (Å²) in [6.45, 7) is 5.53. The largest absolute Gasteiger partial charge is 0.497 e. The molecule has 0 unspecified atom stereocenters. The number of carbonyl (C=O) groups is 1. The SMILES string of the molecule is COc1ccc2cc(N(N=C(c3ccccc3)c3ccccc3)C(=O)OC(C)(C)C)ccc2c1. The molecule has 0 aliphatic carbocycles. The Bertz CT molecular complexity index is 1270. The number of rotatable bonds is 5. The summed E-state index contributed by atoms with van der Waals surface area (Å²) in [6, 6.07) is 31.2. The quantitative estimate of drug-likeness (QED) is 0.241. The fourth-order valence-electron chi connectivity index (χ4n) is 3.55. The van der Waals surface area contributed by atoms with Gasteiger partial charge in [0.2, 0.25) is 0 Å². The van der Waals surface area contributed by atoms with Crippen molar-refractivity contribution < 1.29 is 14.3 Å². The first-order valence-corrected chi connectivity index (χ1v) is 11.1. The van der Waals surface area contributed by atoms with E-state index >= 15 is 0 Å². The molecule has 4 aromatic carbocycles. The third kappa shape index (κ3) is 5.44. The molecule has 0 aliphatic heterocycles. The minimum Gasteiger partial charge on any atom is -0.497 e. The van der Waals surface area contributed by atoms with Crippen molar-refractivity contribution in [2.75, 3.05) is 12.1 Å². The normalized spacial score (nSPS) is 11.1. The Morgan fingerprint density at radius 2 is 1.32 bits per heavy atom. The molecule has 0 aliphatic rings. The van der Waals surface area contributed by atoms with E-state index in [0.29, 0.717) is 11.4 Å². The highest BCUT2D eigenvalue weighted by Gasteiger charge is 2.25. The number of ether oxygens (including phenoxy) is 2. The molecular formula is C29H28N2O3. The Balaban J connectivity index is 1.87. The maximum atomic E-state index is 13.4. The van der Waals surface area contributed by atoms with Gasteiger partial charge in [-0.1, -0.05) is 72.8 Å². The van der Waals surface area contributed by atoms with Crippen LogP contribution < -0.4 is 9.75 Å². The van der Waals surface area contributed by atoms with Gasteiger partial charge < -0.3 is 9.47 Å². The van der Waals surface area contributed by atoms with Gasteiger partial charge in [-0.05, 0) is 55.8 Å². The Kier molecular flexibility index (Phi) is 6.64. The smallest absolute Gasteiger partial charge is 0.435 e. The first kappa shape index (κ1) is 23.1. The van der Waals surface area contributed by atoms with E-state index in [1.165, 1.54) is 5.01 Å². The van der Waals surface area contributed by atoms with Gasteiger partial charge in [-0.3, -0.25) is 0 Å². The van der Waals surface area contributed by atoms with Crippen LogP contribution in [0.15, 0.2) is 102 Å². The second-order valence-corrected chi connectivity index (χ2v) is 8.87. The minimum atomic E-state index is -0.672. The number of nitrogens with zero attached hydrogens (tertiary/aromatic N) is 2. The van der Waals surface area contributed by atoms with Crippen molar-refractivity contribution in [3.05, 3.63) is 108 Å². The van der Waals surface area contributed by atoms with Gasteiger partial charge >= 0.3 is 6.09 Å². The van der Waals surface area contributed by atoms with E-state index < -0.39 is 11.7 Å². The Morgan fingerprint density at radius 1 is 0.765 bits per heavy atom. The molecule has 5 heteroatoms. The standard InChI is InChI=1S/C29H28N2O3/c1-29(2,3)34-28(32)31(25-17-15-24-20-26(33-4)18-16-23(24)19-25)30-27(21-11-7-5-8-12-21)22-13-9-6-10-14-22/h5-20H,1-4H3. The van der Waals surface area contributed by atoms with Crippen LogP contribution >= 0.6 is 0 Å². The highest BCUT2D eigenvalue weighted by molar-refractivity contribution is 6.14. The van der Waals surface area contributed by atoms with Gasteiger partial charge in [-0.25, -0.2) is 4.79 Å². The Morgan fingerprint density at radius 3 is 1.88 bits per heavy atom. The molecule has 0 fully saturated rings. The summed E-state index contributed by atoms with van der Waals surface area (Å²) < 4.78 is 11.1. The number of anilines is 1. The van der Waals surface area contributed by atoms with Crippen LogP contribution in [-0.4, -0.2) is 24.5 Å². The average Bonchev–Trinajstić information content (AvgIpc) is 2.84. The van der Waals surface area contributed by atoms with Crippen molar-refractivity contribution in [1.82, 2.24) is 0 Å². The predicted octanol–water partition coefficient (Wildman–Crippen LogP) is 7.04. The molecule has 4 rings (SSSR count). The second-order valence-electron chi connectivity index (χ2n) is 8.87. The lowest BCUT2D eigenvalue weighted by molar-refractivity contribution is 0.0581. The molecule has 1 amide bonds. The zero-order valence-electron chi connectivity index (χ0n) is 19.9. The molecule has 0 radical (unpaired) electrons. The van der Waals surface area contributed by atoms with Crippen molar-refractivity contribution >= 4 is 28.3 Å². The minimum absolute atomic E-state index is 0.551. The number of methoxy groups -OCH3 is 1. The van der Waals surface area contributed by atoms with E-state index in [1.54, 1.807) is 7.11 Å². The Hall–Kier alpha value is -4.12. The van der Waals surface area contributed by atoms with Crippen molar-refractivity contribution in [2.45, 2.75) is 26.4 Å². The molecule has 0 saturated heterocycles. The number of hydrogen-bond donors (Lipinski definition) is 0. The van der Waals surface area contributed by atoms with Gasteiger partial charge in [0.15, 0.2) is 0 Å². The van der Waals surface area contributed by atoms with Gasteiger partial charge in [0, 0.05) is 11.1 Å². The van der Waals surface area contributed by atoms with Crippen LogP contribution in [0, 0.1) is 0 Å². The Labute approximate surface area is 200 Å². The van der Waals surface area contributed by atoms with E-state index in [4.69, 9.17) is 14.6 Å². The van der Waals surface area contributed by atoms with Crippen LogP contribution in [-0.2, 0) is 4.74 Å². The average molecular weight is 453 g/mol. The van der Waals surface area contributed by atoms with Crippen molar-refractivity contribution in [3.63, 3.8) is 0 Å². The number of hydrazone groups is 1. The summed E-state index contributed by atoms with van der Waals surface area (Å²) in [7, 11) is 1.64. The van der Waals surface area contributed by atoms with Gasteiger partial charge in [0.05, 0.1) is 18.5 Å². The molecule has 0 aromatic heterocycles. The first-order valence-electron chi connectivity index (χ1n) is 11.1. The van der Waals surface area contributed by atoms with E-state index in [-0.39, 0.29) is 0 Å². The van der Waals surface area contributed by atoms with E-state index in [1.807, 2.05) is 118 Å². The maximum Gasteiger partial charge on any atom is 0.435 e. The monoisotopic (exact) mass is 452 g/mol. The van der Waals surface area contributed by atoms with Crippen molar-refractivity contribution in [1.29, 1.82) is 0 Å². The van der Waals surface area contributed by atoms with Crippen molar-refractivity contribution in [3.8, 4) is 5.75 Å². The van der Waals surface area contributed by atoms with Crippen LogP contribution in [0.5, 0.6) is 5.75 Å². The van der Waals surface area contributed by atoms with E-state index in [9.17, 15) is 4.79 Å². The molecule has 5 nitrogen and oxygen atoms in total. The highest BCUT2D eigenvalue weighted by Crippen LogP contribution is 2.28. The lowest BCUT2D eigenvalue weighted by atomic mass is 10.0. The second kappa shape index (κ2) is 9.79. The number of amides is 1. The molecule has 34 heavy (non-hydrogen) atoms. The molecule has 0 bridgehead atoms. The van der Waals surface area contributed by atoms with Gasteiger partial charge in [0.25, 0.3) is 0 Å². The summed E-state index contributed by atoms with van der Waals surface area (Å²) >= 11 is 0. The predicted molar refractivity (Wildman–Crippen MR) is 138 cm³/mol. The summed E-state index contributed by atoms with van der Waals surface area (Å²) in [5.74, 6) is 0.776. The van der Waals surface area contributed by atoms with Gasteiger partial charge in [0.1, 0.15) is 11.4 Å². The van der Waals surface area contributed by atoms with Crippen LogP contribution in [0.3, 0.4) is 0 Å². The van der Waals surface area contributed by atoms with Crippen LogP contribution in [0.2, 0.25) is 0 Å². The fourth-order valence-corrected chi connectivity index (χ4v) is 3.55.